The molecule has 4 heteroatoms. The van der Waals surface area contributed by atoms with Crippen LogP contribution in [0.5, 0.6) is 0 Å². The number of hydrogen-bond acceptors (Lipinski definition) is 3. The molecule has 0 fully saturated rings. The van der Waals surface area contributed by atoms with Crippen molar-refractivity contribution in [1.82, 2.24) is 10.3 Å². The van der Waals surface area contributed by atoms with Gasteiger partial charge in [0.15, 0.2) is 0 Å². The van der Waals surface area contributed by atoms with Gasteiger partial charge in [0.2, 0.25) is 0 Å². The lowest BCUT2D eigenvalue weighted by molar-refractivity contribution is 0.572. The summed E-state index contributed by atoms with van der Waals surface area (Å²) < 4.78 is 0. The summed E-state index contributed by atoms with van der Waals surface area (Å²) in [6, 6.07) is 2.50. The summed E-state index contributed by atoms with van der Waals surface area (Å²) in [6.07, 6.45) is 4.49. The zero-order chi connectivity index (χ0) is 11.8. The van der Waals surface area contributed by atoms with Crippen LogP contribution >= 0.6 is 23.4 Å². The van der Waals surface area contributed by atoms with Gasteiger partial charge in [0.1, 0.15) is 0 Å². The Morgan fingerprint density at radius 3 is 2.94 bits per heavy atom. The Bertz CT molecular complexity index is 307. The van der Waals surface area contributed by atoms with Gasteiger partial charge in [0.05, 0.1) is 5.02 Å². The second-order valence-corrected chi connectivity index (χ2v) is 5.31. The van der Waals surface area contributed by atoms with Gasteiger partial charge < -0.3 is 5.32 Å². The van der Waals surface area contributed by atoms with Crippen molar-refractivity contribution < 1.29 is 0 Å². The first-order valence-corrected chi connectivity index (χ1v) is 7.20. The second kappa shape index (κ2) is 7.93. The zero-order valence-corrected chi connectivity index (χ0v) is 11.4. The van der Waals surface area contributed by atoms with Crippen molar-refractivity contribution in [1.29, 1.82) is 0 Å². The van der Waals surface area contributed by atoms with E-state index in [9.17, 15) is 0 Å². The van der Waals surface area contributed by atoms with E-state index in [0.717, 1.165) is 29.5 Å². The van der Waals surface area contributed by atoms with E-state index in [2.05, 4.69) is 24.1 Å². The van der Waals surface area contributed by atoms with Crippen LogP contribution in [0.25, 0.3) is 0 Å². The molecule has 1 aromatic heterocycles. The fourth-order valence-electron chi connectivity index (χ4n) is 1.57. The number of hydrogen-bond donors (Lipinski definition) is 1. The molecule has 0 bridgehead atoms. The Balaban J connectivity index is 2.56. The van der Waals surface area contributed by atoms with E-state index in [1.165, 1.54) is 5.56 Å². The SMILES string of the molecule is CCNC(CSCC)Cc1ccncc1Cl. The van der Waals surface area contributed by atoms with Gasteiger partial charge in [-0.05, 0) is 30.3 Å². The third-order valence-electron chi connectivity index (χ3n) is 2.34. The molecule has 0 aliphatic carbocycles. The van der Waals surface area contributed by atoms with Crippen LogP contribution in [0, 0.1) is 0 Å². The standard InChI is InChI=1S/C12H19ClN2S/c1-3-15-11(9-16-4-2)7-10-5-6-14-8-12(10)13/h5-6,8,11,15H,3-4,7,9H2,1-2H3. The first-order chi connectivity index (χ1) is 7.77. The molecular weight excluding hydrogens is 240 g/mol. The number of nitrogens with zero attached hydrogens (tertiary/aromatic N) is 1. The highest BCUT2D eigenvalue weighted by molar-refractivity contribution is 7.99. The Morgan fingerprint density at radius 1 is 1.50 bits per heavy atom. The number of pyridine rings is 1. The summed E-state index contributed by atoms with van der Waals surface area (Å²) >= 11 is 8.07. The molecule has 16 heavy (non-hydrogen) atoms. The predicted molar refractivity (Wildman–Crippen MR) is 73.4 cm³/mol. The molecule has 0 saturated carbocycles. The molecule has 2 nitrogen and oxygen atoms in total. The Kier molecular flexibility index (Phi) is 6.85. The van der Waals surface area contributed by atoms with E-state index in [4.69, 9.17) is 11.6 Å². The summed E-state index contributed by atoms with van der Waals surface area (Å²) in [6.45, 7) is 5.32. The molecule has 0 aliphatic rings. The number of rotatable bonds is 7. The van der Waals surface area contributed by atoms with Gasteiger partial charge in [-0.1, -0.05) is 25.4 Å². The Labute approximate surface area is 107 Å². The maximum atomic E-state index is 6.11. The average molecular weight is 259 g/mol. The number of nitrogens with one attached hydrogen (secondary N) is 1. The third kappa shape index (κ3) is 4.73. The van der Waals surface area contributed by atoms with Crippen LogP contribution in [0.1, 0.15) is 19.4 Å². The normalized spacial score (nSPS) is 12.7. The van der Waals surface area contributed by atoms with Crippen LogP contribution in [0.4, 0.5) is 0 Å². The first kappa shape index (κ1) is 13.8. The first-order valence-electron chi connectivity index (χ1n) is 5.67. The fourth-order valence-corrected chi connectivity index (χ4v) is 2.53. The van der Waals surface area contributed by atoms with Crippen molar-refractivity contribution >= 4 is 23.4 Å². The lowest BCUT2D eigenvalue weighted by Crippen LogP contribution is -2.33. The smallest absolute Gasteiger partial charge is 0.0621 e. The van der Waals surface area contributed by atoms with E-state index in [1.807, 2.05) is 17.8 Å². The van der Waals surface area contributed by atoms with Gasteiger partial charge in [0, 0.05) is 24.2 Å². The maximum Gasteiger partial charge on any atom is 0.0621 e. The van der Waals surface area contributed by atoms with E-state index >= 15 is 0 Å². The third-order valence-corrected chi connectivity index (χ3v) is 3.73. The van der Waals surface area contributed by atoms with Crippen LogP contribution in [-0.2, 0) is 6.42 Å². The number of halogens is 1. The molecule has 1 aromatic rings. The molecule has 0 aromatic carbocycles. The van der Waals surface area contributed by atoms with Gasteiger partial charge >= 0.3 is 0 Å². The quantitative estimate of drug-likeness (QED) is 0.814. The molecule has 0 saturated heterocycles. The summed E-state index contributed by atoms with van der Waals surface area (Å²) in [4.78, 5) is 4.00. The van der Waals surface area contributed by atoms with Gasteiger partial charge in [0.25, 0.3) is 0 Å². The molecule has 0 spiro atoms. The van der Waals surface area contributed by atoms with Crippen LogP contribution in [0.3, 0.4) is 0 Å². The molecule has 1 heterocycles. The summed E-state index contributed by atoms with van der Waals surface area (Å²) in [7, 11) is 0. The minimum atomic E-state index is 0.495. The number of likely N-dealkylation sites (N-methyl/N-ethyl adjacent to an activating group) is 1. The van der Waals surface area contributed by atoms with Crippen molar-refractivity contribution in [2.75, 3.05) is 18.1 Å². The molecule has 1 rings (SSSR count). The highest BCUT2D eigenvalue weighted by Crippen LogP contribution is 2.16. The Hall–Kier alpha value is -0.250. The average Bonchev–Trinajstić information content (AvgIpc) is 2.29. The molecule has 0 radical (unpaired) electrons. The van der Waals surface area contributed by atoms with Crippen LogP contribution in [0.2, 0.25) is 5.02 Å². The minimum Gasteiger partial charge on any atom is -0.313 e. The van der Waals surface area contributed by atoms with E-state index in [0.29, 0.717) is 6.04 Å². The van der Waals surface area contributed by atoms with Crippen molar-refractivity contribution in [3.8, 4) is 0 Å². The highest BCUT2D eigenvalue weighted by Gasteiger charge is 2.10. The van der Waals surface area contributed by atoms with Crippen molar-refractivity contribution in [2.24, 2.45) is 0 Å². The van der Waals surface area contributed by atoms with Crippen molar-refractivity contribution in [3.05, 3.63) is 29.0 Å². The van der Waals surface area contributed by atoms with Crippen LogP contribution in [-0.4, -0.2) is 29.1 Å². The highest BCUT2D eigenvalue weighted by atomic mass is 35.5. The molecule has 1 atom stereocenters. The van der Waals surface area contributed by atoms with Gasteiger partial charge in [-0.3, -0.25) is 4.98 Å². The van der Waals surface area contributed by atoms with Gasteiger partial charge in [-0.25, -0.2) is 0 Å². The van der Waals surface area contributed by atoms with Crippen LogP contribution in [0.15, 0.2) is 18.5 Å². The van der Waals surface area contributed by atoms with Gasteiger partial charge in [-0.2, -0.15) is 11.8 Å². The predicted octanol–water partition coefficient (Wildman–Crippen LogP) is 3.01. The minimum absolute atomic E-state index is 0.495. The molecule has 90 valence electrons. The second-order valence-electron chi connectivity index (χ2n) is 3.59. The molecule has 1 N–H and O–H groups in total. The fraction of sp³-hybridized carbons (Fsp3) is 0.583. The zero-order valence-electron chi connectivity index (χ0n) is 9.87. The Morgan fingerprint density at radius 2 is 2.31 bits per heavy atom. The number of aromatic nitrogens is 1. The molecular formula is C12H19ClN2S. The maximum absolute atomic E-state index is 6.11. The molecule has 1 unspecified atom stereocenters. The van der Waals surface area contributed by atoms with Crippen molar-refractivity contribution in [3.63, 3.8) is 0 Å². The monoisotopic (exact) mass is 258 g/mol. The summed E-state index contributed by atoms with van der Waals surface area (Å²) in [5.41, 5.74) is 1.18. The number of thioether (sulfide) groups is 1. The summed E-state index contributed by atoms with van der Waals surface area (Å²) in [5, 5.41) is 4.26. The summed E-state index contributed by atoms with van der Waals surface area (Å²) in [5.74, 6) is 2.29. The van der Waals surface area contributed by atoms with Crippen LogP contribution < -0.4 is 5.32 Å². The van der Waals surface area contributed by atoms with Crippen molar-refractivity contribution in [2.45, 2.75) is 26.3 Å². The van der Waals surface area contributed by atoms with Gasteiger partial charge in [-0.15, -0.1) is 0 Å². The molecule has 0 amide bonds. The van der Waals surface area contributed by atoms with E-state index < -0.39 is 0 Å². The lowest BCUT2D eigenvalue weighted by Gasteiger charge is -2.17. The van der Waals surface area contributed by atoms with E-state index in [-0.39, 0.29) is 0 Å². The largest absolute Gasteiger partial charge is 0.313 e. The molecule has 0 aliphatic heterocycles. The lowest BCUT2D eigenvalue weighted by atomic mass is 10.1. The van der Waals surface area contributed by atoms with E-state index in [1.54, 1.807) is 12.4 Å². The topological polar surface area (TPSA) is 24.9 Å².